The minimum atomic E-state index is -1.40. The van der Waals surface area contributed by atoms with Gasteiger partial charge >= 0.3 is 29.6 Å². The van der Waals surface area contributed by atoms with Crippen LogP contribution in [0.4, 0.5) is 10.1 Å². The number of amides is 1. The summed E-state index contributed by atoms with van der Waals surface area (Å²) >= 11 is 0. The van der Waals surface area contributed by atoms with Crippen molar-refractivity contribution in [3.63, 3.8) is 0 Å². The molecule has 11 heteroatoms. The molecule has 200 valence electrons. The zero-order chi connectivity index (χ0) is 27.8. The molecule has 3 rings (SSSR count). The van der Waals surface area contributed by atoms with Gasteiger partial charge in [0.15, 0.2) is 11.4 Å². The molecule has 1 heterocycles. The summed E-state index contributed by atoms with van der Waals surface area (Å²) in [5.74, 6) is -2.39. The van der Waals surface area contributed by atoms with E-state index in [4.69, 9.17) is 6.57 Å². The summed E-state index contributed by atoms with van der Waals surface area (Å²) in [6.07, 6.45) is -2.55. The molecule has 0 radical (unpaired) electrons. The topological polar surface area (TPSA) is 132 Å². The predicted octanol–water partition coefficient (Wildman–Crippen LogP) is -0.196. The zero-order valence-electron chi connectivity index (χ0n) is 22.2. The Labute approximate surface area is 248 Å². The molecule has 0 aliphatic heterocycles. The summed E-state index contributed by atoms with van der Waals surface area (Å²) in [5.41, 5.74) is 3.23. The van der Waals surface area contributed by atoms with Crippen LogP contribution in [-0.2, 0) is 17.8 Å². The Hall–Kier alpha value is -3.07. The van der Waals surface area contributed by atoms with Gasteiger partial charge in [0.1, 0.15) is 5.82 Å². The fourth-order valence-corrected chi connectivity index (χ4v) is 4.29. The molecule has 9 nitrogen and oxygen atoms in total. The van der Waals surface area contributed by atoms with Crippen LogP contribution in [-0.4, -0.2) is 44.1 Å². The fraction of sp³-hybridized carbons (Fsp3) is 0.357. The van der Waals surface area contributed by atoms with Gasteiger partial charge in [0.25, 0.3) is 5.91 Å². The smallest absolute Gasteiger partial charge is 0.550 e. The molecular formula is C28H30FN4NaO5. The number of aliphatic hydroxyl groups excluding tert-OH is 2. The number of halogens is 1. The maximum Gasteiger partial charge on any atom is 1.00 e. The SMILES string of the molecule is [C-]#[N+]c1cccc(CNC(=O)c2nn(-c3ccc(F)cc3)c(CC[C@@H](O)C[C@@H](O)CC(=O)[O-])c2C(C)C)c1.[Na+]. The number of carboxylic acids is 1. The van der Waals surface area contributed by atoms with Crippen LogP contribution in [0.15, 0.2) is 48.5 Å². The zero-order valence-corrected chi connectivity index (χ0v) is 24.2. The third-order valence-electron chi connectivity index (χ3n) is 6.04. The summed E-state index contributed by atoms with van der Waals surface area (Å²) in [5, 5.41) is 38.4. The number of aliphatic hydroxyl groups is 2. The van der Waals surface area contributed by atoms with Crippen molar-refractivity contribution in [3.8, 4) is 5.69 Å². The average Bonchev–Trinajstić information content (AvgIpc) is 3.26. The van der Waals surface area contributed by atoms with E-state index in [1.165, 1.54) is 24.3 Å². The van der Waals surface area contributed by atoms with Crippen molar-refractivity contribution in [1.82, 2.24) is 15.1 Å². The number of carbonyl (C=O) groups excluding carboxylic acids is 2. The number of carbonyl (C=O) groups is 2. The van der Waals surface area contributed by atoms with E-state index in [1.807, 2.05) is 13.8 Å². The molecule has 3 N–H and O–H groups in total. The normalized spacial score (nSPS) is 12.3. The van der Waals surface area contributed by atoms with Crippen molar-refractivity contribution in [2.45, 2.75) is 64.2 Å². The van der Waals surface area contributed by atoms with Crippen LogP contribution in [0.25, 0.3) is 10.5 Å². The van der Waals surface area contributed by atoms with E-state index in [1.54, 1.807) is 28.9 Å². The summed E-state index contributed by atoms with van der Waals surface area (Å²) in [6.45, 7) is 11.2. The minimum absolute atomic E-state index is 0. The fourth-order valence-electron chi connectivity index (χ4n) is 4.29. The molecule has 2 atom stereocenters. The predicted molar refractivity (Wildman–Crippen MR) is 136 cm³/mol. The molecular weight excluding hydrogens is 514 g/mol. The Morgan fingerprint density at radius 2 is 1.85 bits per heavy atom. The van der Waals surface area contributed by atoms with E-state index >= 15 is 0 Å². The van der Waals surface area contributed by atoms with Crippen LogP contribution in [0.5, 0.6) is 0 Å². The first-order valence-electron chi connectivity index (χ1n) is 12.3. The number of rotatable bonds is 12. The first-order valence-corrected chi connectivity index (χ1v) is 12.3. The van der Waals surface area contributed by atoms with Gasteiger partial charge in [-0.15, -0.1) is 0 Å². The maximum absolute atomic E-state index is 13.6. The van der Waals surface area contributed by atoms with Crippen LogP contribution in [0, 0.1) is 12.4 Å². The Kier molecular flexibility index (Phi) is 12.3. The summed E-state index contributed by atoms with van der Waals surface area (Å²) in [4.78, 5) is 27.4. The molecule has 1 amide bonds. The molecule has 0 aliphatic rings. The van der Waals surface area contributed by atoms with Crippen molar-refractivity contribution < 1.29 is 58.9 Å². The van der Waals surface area contributed by atoms with Gasteiger partial charge in [-0.25, -0.2) is 13.9 Å². The van der Waals surface area contributed by atoms with Crippen molar-refractivity contribution in [3.05, 3.63) is 88.3 Å². The number of nitrogens with one attached hydrogen (secondary N) is 1. The molecule has 0 saturated carbocycles. The van der Waals surface area contributed by atoms with Gasteiger partial charge in [-0.05, 0) is 55.0 Å². The van der Waals surface area contributed by atoms with Crippen molar-refractivity contribution >= 4 is 17.6 Å². The van der Waals surface area contributed by atoms with Gasteiger partial charge in [-0.2, -0.15) is 5.10 Å². The summed E-state index contributed by atoms with van der Waals surface area (Å²) in [6, 6.07) is 12.5. The minimum Gasteiger partial charge on any atom is -0.550 e. The van der Waals surface area contributed by atoms with Crippen LogP contribution in [0.2, 0.25) is 0 Å². The summed E-state index contributed by atoms with van der Waals surface area (Å²) in [7, 11) is 0. The van der Waals surface area contributed by atoms with E-state index in [0.717, 1.165) is 5.56 Å². The molecule has 39 heavy (non-hydrogen) atoms. The molecule has 3 aromatic rings. The third kappa shape index (κ3) is 8.98. The van der Waals surface area contributed by atoms with Gasteiger partial charge in [0.05, 0.1) is 24.5 Å². The molecule has 1 aromatic heterocycles. The third-order valence-corrected chi connectivity index (χ3v) is 6.04. The second kappa shape index (κ2) is 14.9. The van der Waals surface area contributed by atoms with Crippen LogP contribution < -0.4 is 40.0 Å². The Bertz CT molecular complexity index is 1320. The molecule has 0 fully saturated rings. The number of hydrogen-bond acceptors (Lipinski definition) is 6. The number of nitrogens with zero attached hydrogens (tertiary/aromatic N) is 3. The maximum atomic E-state index is 13.6. The Morgan fingerprint density at radius 3 is 2.46 bits per heavy atom. The Balaban J connectivity index is 0.00000533. The van der Waals surface area contributed by atoms with Crippen LogP contribution in [0.1, 0.15) is 66.3 Å². The van der Waals surface area contributed by atoms with E-state index in [2.05, 4.69) is 15.3 Å². The van der Waals surface area contributed by atoms with Gasteiger partial charge < -0.3 is 25.4 Å². The largest absolute Gasteiger partial charge is 1.00 e. The molecule has 0 aliphatic carbocycles. The van der Waals surface area contributed by atoms with Crippen molar-refractivity contribution in [2.24, 2.45) is 0 Å². The van der Waals surface area contributed by atoms with Crippen molar-refractivity contribution in [2.75, 3.05) is 0 Å². The van der Waals surface area contributed by atoms with Crippen LogP contribution in [0.3, 0.4) is 0 Å². The van der Waals surface area contributed by atoms with Gasteiger partial charge in [-0.3, -0.25) is 4.79 Å². The second-order valence-corrected chi connectivity index (χ2v) is 9.37. The second-order valence-electron chi connectivity index (χ2n) is 9.37. The van der Waals surface area contributed by atoms with E-state index < -0.39 is 36.3 Å². The molecule has 0 bridgehead atoms. The van der Waals surface area contributed by atoms with Crippen molar-refractivity contribution in [1.29, 1.82) is 0 Å². The summed E-state index contributed by atoms with van der Waals surface area (Å²) < 4.78 is 15.2. The Morgan fingerprint density at radius 1 is 1.15 bits per heavy atom. The van der Waals surface area contributed by atoms with Gasteiger partial charge in [0, 0.05) is 30.2 Å². The number of benzene rings is 2. The number of hydrogen-bond donors (Lipinski definition) is 3. The monoisotopic (exact) mass is 544 g/mol. The van der Waals surface area contributed by atoms with E-state index in [9.17, 15) is 29.3 Å². The average molecular weight is 545 g/mol. The van der Waals surface area contributed by atoms with E-state index in [0.29, 0.717) is 22.6 Å². The van der Waals surface area contributed by atoms with Gasteiger partial charge in [-0.1, -0.05) is 38.1 Å². The first kappa shape index (κ1) is 32.1. The molecule has 0 saturated heterocycles. The first-order chi connectivity index (χ1) is 18.1. The number of aromatic nitrogens is 2. The van der Waals surface area contributed by atoms with Crippen LogP contribution >= 0.6 is 0 Å². The number of carboxylic acid groups (broad SMARTS) is 1. The molecule has 0 unspecified atom stereocenters. The quantitative estimate of drug-likeness (QED) is 0.214. The number of aliphatic carboxylic acids is 1. The standard InChI is InChI=1S/C28H31FN4O5.Na/c1-17(2)26-24(12-11-22(34)14-23(35)15-25(36)37)33(21-9-7-19(29)8-10-21)32-27(26)28(38)31-16-18-5-4-6-20(13-18)30-3;/h4-10,13,17,22-23,34-35H,11-12,14-16H2,1-2H3,(H,31,38)(H,36,37);/q;+1/p-1/t22-,23-;/m1./s1. The molecule has 2 aromatic carbocycles. The molecule has 0 spiro atoms. The van der Waals surface area contributed by atoms with Gasteiger partial charge in [0.2, 0.25) is 0 Å². The van der Waals surface area contributed by atoms with E-state index in [-0.39, 0.29) is 67.0 Å².